The minimum atomic E-state index is -0.400. The third-order valence-electron chi connectivity index (χ3n) is 4.73. The fourth-order valence-corrected chi connectivity index (χ4v) is 2.71. The van der Waals surface area contributed by atoms with E-state index in [-0.39, 0.29) is 6.09 Å². The Morgan fingerprint density at radius 1 is 1.45 bits per heavy atom. The molecular weight excluding hydrogens is 252 g/mol. The van der Waals surface area contributed by atoms with Crippen LogP contribution in [-0.4, -0.2) is 42.3 Å². The van der Waals surface area contributed by atoms with E-state index in [2.05, 4.69) is 19.2 Å². The predicted molar refractivity (Wildman–Crippen MR) is 80.7 cm³/mol. The molecule has 20 heavy (non-hydrogen) atoms. The van der Waals surface area contributed by atoms with Crippen molar-refractivity contribution in [3.05, 3.63) is 0 Å². The first-order chi connectivity index (χ1) is 9.20. The highest BCUT2D eigenvalue weighted by atomic mass is 16.6. The average Bonchev–Trinajstić information content (AvgIpc) is 2.91. The largest absolute Gasteiger partial charge is 0.444 e. The molecule has 2 aliphatic rings. The van der Waals surface area contributed by atoms with Crippen molar-refractivity contribution in [2.24, 2.45) is 11.3 Å². The van der Waals surface area contributed by atoms with Crippen LogP contribution in [0.2, 0.25) is 0 Å². The molecule has 1 saturated heterocycles. The lowest BCUT2D eigenvalue weighted by Gasteiger charge is -2.25. The van der Waals surface area contributed by atoms with Gasteiger partial charge in [0, 0.05) is 19.1 Å². The maximum atomic E-state index is 12.0. The van der Waals surface area contributed by atoms with Crippen molar-refractivity contribution in [1.29, 1.82) is 0 Å². The first-order valence-corrected chi connectivity index (χ1v) is 7.91. The molecule has 0 spiro atoms. The van der Waals surface area contributed by atoms with Gasteiger partial charge in [-0.1, -0.05) is 6.92 Å². The monoisotopic (exact) mass is 282 g/mol. The lowest BCUT2D eigenvalue weighted by Crippen LogP contribution is -2.39. The number of nitrogens with zero attached hydrogens (tertiary/aromatic N) is 1. The van der Waals surface area contributed by atoms with E-state index < -0.39 is 5.60 Å². The number of likely N-dealkylation sites (tertiary alicyclic amines) is 1. The van der Waals surface area contributed by atoms with Gasteiger partial charge >= 0.3 is 6.09 Å². The summed E-state index contributed by atoms with van der Waals surface area (Å²) in [7, 11) is 0. The summed E-state index contributed by atoms with van der Waals surface area (Å²) in [4.78, 5) is 13.8. The van der Waals surface area contributed by atoms with Crippen molar-refractivity contribution < 1.29 is 9.53 Å². The molecule has 1 N–H and O–H groups in total. The van der Waals surface area contributed by atoms with Crippen molar-refractivity contribution >= 4 is 6.09 Å². The summed E-state index contributed by atoms with van der Waals surface area (Å²) in [6.45, 7) is 13.0. The molecule has 116 valence electrons. The molecule has 1 aliphatic carbocycles. The zero-order chi connectivity index (χ0) is 15.0. The molecule has 2 atom stereocenters. The van der Waals surface area contributed by atoms with Crippen LogP contribution < -0.4 is 5.32 Å². The molecule has 2 unspecified atom stereocenters. The Morgan fingerprint density at radius 3 is 2.65 bits per heavy atom. The van der Waals surface area contributed by atoms with Crippen LogP contribution in [0, 0.1) is 11.3 Å². The minimum Gasteiger partial charge on any atom is -0.444 e. The second kappa shape index (κ2) is 5.55. The van der Waals surface area contributed by atoms with E-state index in [1.165, 1.54) is 12.8 Å². The van der Waals surface area contributed by atoms with Gasteiger partial charge in [-0.3, -0.25) is 0 Å². The summed E-state index contributed by atoms with van der Waals surface area (Å²) >= 11 is 0. The van der Waals surface area contributed by atoms with Crippen LogP contribution in [0.5, 0.6) is 0 Å². The molecule has 2 rings (SSSR count). The number of rotatable bonds is 4. The summed E-state index contributed by atoms with van der Waals surface area (Å²) in [6, 6.07) is 0.582. The number of nitrogens with one attached hydrogen (secondary N) is 1. The molecule has 2 fully saturated rings. The number of carbonyl (C=O) groups is 1. The van der Waals surface area contributed by atoms with Crippen molar-refractivity contribution in [1.82, 2.24) is 10.2 Å². The molecule has 4 nitrogen and oxygen atoms in total. The zero-order valence-electron chi connectivity index (χ0n) is 13.7. The molecule has 1 saturated carbocycles. The van der Waals surface area contributed by atoms with Gasteiger partial charge in [0.15, 0.2) is 0 Å². The Hall–Kier alpha value is -0.770. The molecule has 0 aromatic heterocycles. The lowest BCUT2D eigenvalue weighted by molar-refractivity contribution is 0.0288. The normalized spacial score (nSPS) is 26.4. The Bertz CT molecular complexity index is 358. The molecule has 0 aromatic rings. The van der Waals surface area contributed by atoms with Crippen LogP contribution in [0.1, 0.15) is 53.9 Å². The second-order valence-corrected chi connectivity index (χ2v) is 7.87. The molecule has 0 radical (unpaired) electrons. The fourth-order valence-electron chi connectivity index (χ4n) is 2.71. The van der Waals surface area contributed by atoms with Crippen molar-refractivity contribution in [3.8, 4) is 0 Å². The number of hydrogen-bond acceptors (Lipinski definition) is 3. The summed E-state index contributed by atoms with van der Waals surface area (Å²) in [6.07, 6.45) is 3.60. The Kier molecular flexibility index (Phi) is 4.33. The van der Waals surface area contributed by atoms with Gasteiger partial charge in [-0.2, -0.15) is 0 Å². The summed E-state index contributed by atoms with van der Waals surface area (Å²) in [5.41, 5.74) is 0.117. The number of ether oxygens (including phenoxy) is 1. The number of hydrogen-bond donors (Lipinski definition) is 1. The summed E-state index contributed by atoms with van der Waals surface area (Å²) < 4.78 is 5.43. The summed E-state index contributed by atoms with van der Waals surface area (Å²) in [5, 5.41) is 3.66. The Balaban J connectivity index is 1.71. The highest BCUT2D eigenvalue weighted by molar-refractivity contribution is 5.68. The maximum absolute atomic E-state index is 12.0. The van der Waals surface area contributed by atoms with E-state index in [1.54, 1.807) is 0 Å². The van der Waals surface area contributed by atoms with Gasteiger partial charge in [-0.25, -0.2) is 4.79 Å². The fraction of sp³-hybridized carbons (Fsp3) is 0.938. The maximum Gasteiger partial charge on any atom is 0.410 e. The standard InChI is InChI=1S/C16H30N2O2/c1-12(16(5)7-8-16)17-10-13-6-9-18(11-13)14(19)20-15(2,3)4/h12-13,17H,6-11H2,1-5H3. The molecule has 0 bridgehead atoms. The van der Waals surface area contributed by atoms with Gasteiger partial charge in [0.05, 0.1) is 0 Å². The smallest absolute Gasteiger partial charge is 0.410 e. The van der Waals surface area contributed by atoms with E-state index in [1.807, 2.05) is 25.7 Å². The second-order valence-electron chi connectivity index (χ2n) is 7.87. The van der Waals surface area contributed by atoms with Gasteiger partial charge < -0.3 is 15.0 Å². The highest BCUT2D eigenvalue weighted by Crippen LogP contribution is 2.47. The Labute approximate surface area is 123 Å². The molecule has 0 aromatic carbocycles. The van der Waals surface area contributed by atoms with Gasteiger partial charge in [0.25, 0.3) is 0 Å². The van der Waals surface area contributed by atoms with Crippen LogP contribution in [-0.2, 0) is 4.74 Å². The quantitative estimate of drug-likeness (QED) is 0.862. The van der Waals surface area contributed by atoms with Gasteiger partial charge in [0.2, 0.25) is 0 Å². The molecule has 1 heterocycles. The topological polar surface area (TPSA) is 41.6 Å². The van der Waals surface area contributed by atoms with E-state index in [0.717, 1.165) is 26.1 Å². The van der Waals surface area contributed by atoms with Gasteiger partial charge in [-0.15, -0.1) is 0 Å². The van der Waals surface area contributed by atoms with Crippen LogP contribution in [0.25, 0.3) is 0 Å². The number of amides is 1. The van der Waals surface area contributed by atoms with Crippen LogP contribution in [0.15, 0.2) is 0 Å². The van der Waals surface area contributed by atoms with Crippen LogP contribution in [0.3, 0.4) is 0 Å². The minimum absolute atomic E-state index is 0.165. The SMILES string of the molecule is CC(NCC1CCN(C(=O)OC(C)(C)C)C1)C1(C)CC1. The Morgan fingerprint density at radius 2 is 2.10 bits per heavy atom. The first kappa shape index (κ1) is 15.6. The first-order valence-electron chi connectivity index (χ1n) is 7.91. The van der Waals surface area contributed by atoms with Gasteiger partial charge in [-0.05, 0) is 64.8 Å². The highest BCUT2D eigenvalue weighted by Gasteiger charge is 2.42. The third kappa shape index (κ3) is 4.11. The van der Waals surface area contributed by atoms with Crippen molar-refractivity contribution in [3.63, 3.8) is 0 Å². The van der Waals surface area contributed by atoms with Crippen LogP contribution >= 0.6 is 0 Å². The molecule has 1 aliphatic heterocycles. The van der Waals surface area contributed by atoms with Crippen LogP contribution in [0.4, 0.5) is 4.79 Å². The van der Waals surface area contributed by atoms with E-state index in [9.17, 15) is 4.79 Å². The summed E-state index contributed by atoms with van der Waals surface area (Å²) in [5.74, 6) is 0.562. The van der Waals surface area contributed by atoms with E-state index in [4.69, 9.17) is 4.74 Å². The molecular formula is C16H30N2O2. The van der Waals surface area contributed by atoms with Crippen molar-refractivity contribution in [2.75, 3.05) is 19.6 Å². The molecule has 1 amide bonds. The molecule has 4 heteroatoms. The predicted octanol–water partition coefficient (Wildman–Crippen LogP) is 3.02. The number of carbonyl (C=O) groups excluding carboxylic acids is 1. The van der Waals surface area contributed by atoms with Crippen molar-refractivity contribution in [2.45, 2.75) is 65.5 Å². The zero-order valence-corrected chi connectivity index (χ0v) is 13.7. The van der Waals surface area contributed by atoms with E-state index >= 15 is 0 Å². The van der Waals surface area contributed by atoms with E-state index in [0.29, 0.717) is 17.4 Å². The van der Waals surface area contributed by atoms with Gasteiger partial charge in [0.1, 0.15) is 5.60 Å². The third-order valence-corrected chi connectivity index (χ3v) is 4.73. The average molecular weight is 282 g/mol. The lowest BCUT2D eigenvalue weighted by atomic mass is 10.00.